The molecule has 1 N–H and O–H groups in total. The Morgan fingerprint density at radius 3 is 2.72 bits per heavy atom. The number of hydrogen-bond donors (Lipinski definition) is 1. The van der Waals surface area contributed by atoms with Gasteiger partial charge in [0.25, 0.3) is 0 Å². The fourth-order valence-corrected chi connectivity index (χ4v) is 4.85. The normalized spacial score (nSPS) is 14.3. The summed E-state index contributed by atoms with van der Waals surface area (Å²) in [5.41, 5.74) is 3.42. The molecule has 152 valence electrons. The first kappa shape index (κ1) is 20.0. The van der Waals surface area contributed by atoms with Crippen molar-refractivity contribution in [1.82, 2.24) is 9.47 Å². The highest BCUT2D eigenvalue weighted by atomic mass is 35.5. The standard InChI is InChI=1S/C23H26ClN3OS/c1-26-14-16(19-9-5-6-10-21(19)26)15-27(18-7-3-4-8-18)23(29)25-17-11-12-22(28-2)20(24)13-17/h5-6,9-14,18H,3-4,7-8,15H2,1-2H3,(H,25,29). The summed E-state index contributed by atoms with van der Waals surface area (Å²) in [7, 11) is 3.71. The largest absolute Gasteiger partial charge is 0.495 e. The Bertz CT molecular complexity index is 1030. The Labute approximate surface area is 182 Å². The molecule has 0 saturated heterocycles. The van der Waals surface area contributed by atoms with E-state index >= 15 is 0 Å². The first-order valence-electron chi connectivity index (χ1n) is 10.0. The molecular formula is C23H26ClN3OS. The van der Waals surface area contributed by atoms with Gasteiger partial charge in [0.1, 0.15) is 5.75 Å². The number of thiocarbonyl (C=S) groups is 1. The van der Waals surface area contributed by atoms with Gasteiger partial charge >= 0.3 is 0 Å². The summed E-state index contributed by atoms with van der Waals surface area (Å²) in [6, 6.07) is 14.7. The molecule has 1 heterocycles. The van der Waals surface area contributed by atoms with Crippen molar-refractivity contribution in [2.75, 3.05) is 12.4 Å². The Balaban J connectivity index is 1.60. The molecule has 1 aromatic heterocycles. The van der Waals surface area contributed by atoms with Gasteiger partial charge in [-0.3, -0.25) is 0 Å². The van der Waals surface area contributed by atoms with Crippen molar-refractivity contribution in [3.05, 3.63) is 59.2 Å². The molecule has 0 aliphatic heterocycles. The van der Waals surface area contributed by atoms with Crippen LogP contribution >= 0.6 is 23.8 Å². The number of anilines is 1. The number of aromatic nitrogens is 1. The second kappa shape index (κ2) is 8.64. The number of rotatable bonds is 5. The summed E-state index contributed by atoms with van der Waals surface area (Å²) < 4.78 is 7.44. The van der Waals surface area contributed by atoms with Crippen LogP contribution in [-0.2, 0) is 13.6 Å². The molecule has 1 fully saturated rings. The number of hydrogen-bond acceptors (Lipinski definition) is 2. The van der Waals surface area contributed by atoms with E-state index in [0.717, 1.165) is 17.3 Å². The highest BCUT2D eigenvalue weighted by Crippen LogP contribution is 2.30. The van der Waals surface area contributed by atoms with Gasteiger partial charge in [0, 0.05) is 42.4 Å². The Morgan fingerprint density at radius 1 is 1.24 bits per heavy atom. The van der Waals surface area contributed by atoms with Crippen LogP contribution in [0.2, 0.25) is 5.02 Å². The molecule has 2 aromatic carbocycles. The Kier molecular flexibility index (Phi) is 5.97. The van der Waals surface area contributed by atoms with Gasteiger partial charge in [-0.2, -0.15) is 0 Å². The molecule has 4 nitrogen and oxygen atoms in total. The number of benzene rings is 2. The van der Waals surface area contributed by atoms with Gasteiger partial charge in [0.05, 0.1) is 12.1 Å². The maximum atomic E-state index is 6.29. The van der Waals surface area contributed by atoms with Crippen molar-refractivity contribution in [2.24, 2.45) is 7.05 Å². The number of para-hydroxylation sites is 1. The maximum absolute atomic E-state index is 6.29. The number of ether oxygens (including phenoxy) is 1. The summed E-state index contributed by atoms with van der Waals surface area (Å²) in [6.07, 6.45) is 7.09. The number of methoxy groups -OCH3 is 1. The van der Waals surface area contributed by atoms with Crippen LogP contribution in [0.5, 0.6) is 5.75 Å². The molecule has 0 bridgehead atoms. The third-order valence-corrected chi connectivity index (χ3v) is 6.38. The predicted octanol–water partition coefficient (Wildman–Crippen LogP) is 5.98. The molecule has 29 heavy (non-hydrogen) atoms. The third-order valence-electron chi connectivity index (χ3n) is 5.75. The number of fused-ring (bicyclic) bond motifs is 1. The van der Waals surface area contributed by atoms with Gasteiger partial charge in [0.15, 0.2) is 5.11 Å². The molecule has 0 amide bonds. The van der Waals surface area contributed by atoms with Crippen LogP contribution in [0.15, 0.2) is 48.7 Å². The van der Waals surface area contributed by atoms with E-state index in [2.05, 4.69) is 52.3 Å². The van der Waals surface area contributed by atoms with E-state index in [4.69, 9.17) is 28.6 Å². The van der Waals surface area contributed by atoms with Crippen LogP contribution < -0.4 is 10.1 Å². The summed E-state index contributed by atoms with van der Waals surface area (Å²) in [4.78, 5) is 2.35. The molecule has 6 heteroatoms. The van der Waals surface area contributed by atoms with Gasteiger partial charge in [0.2, 0.25) is 0 Å². The van der Waals surface area contributed by atoms with E-state index in [-0.39, 0.29) is 0 Å². The average molecular weight is 428 g/mol. The van der Waals surface area contributed by atoms with Gasteiger partial charge in [-0.15, -0.1) is 0 Å². The molecule has 1 aliphatic rings. The van der Waals surface area contributed by atoms with Gasteiger partial charge in [-0.1, -0.05) is 42.6 Å². The first-order valence-corrected chi connectivity index (χ1v) is 10.8. The highest BCUT2D eigenvalue weighted by Gasteiger charge is 2.26. The summed E-state index contributed by atoms with van der Waals surface area (Å²) in [5.74, 6) is 0.659. The smallest absolute Gasteiger partial charge is 0.173 e. The molecule has 1 saturated carbocycles. The fourth-order valence-electron chi connectivity index (χ4n) is 4.26. The van der Waals surface area contributed by atoms with E-state index in [1.807, 2.05) is 18.2 Å². The molecule has 3 aromatic rings. The van der Waals surface area contributed by atoms with Crippen molar-refractivity contribution in [2.45, 2.75) is 38.3 Å². The molecule has 0 atom stereocenters. The molecule has 0 unspecified atom stereocenters. The summed E-state index contributed by atoms with van der Waals surface area (Å²) >= 11 is 12.2. The number of aryl methyl sites for hydroxylation is 1. The zero-order chi connectivity index (χ0) is 20.4. The van der Waals surface area contributed by atoms with Crippen molar-refractivity contribution in [3.8, 4) is 5.75 Å². The minimum atomic E-state index is 0.461. The van der Waals surface area contributed by atoms with E-state index in [1.54, 1.807) is 7.11 Å². The zero-order valence-corrected chi connectivity index (χ0v) is 18.4. The monoisotopic (exact) mass is 427 g/mol. The van der Waals surface area contributed by atoms with Crippen LogP contribution in [0.1, 0.15) is 31.2 Å². The van der Waals surface area contributed by atoms with E-state index in [1.165, 1.54) is 42.1 Å². The molecular weight excluding hydrogens is 402 g/mol. The molecule has 4 rings (SSSR count). The van der Waals surface area contributed by atoms with Crippen molar-refractivity contribution in [1.29, 1.82) is 0 Å². The SMILES string of the molecule is COc1ccc(NC(=S)N(Cc2cn(C)c3ccccc23)C2CCCC2)cc1Cl. The van der Waals surface area contributed by atoms with Crippen molar-refractivity contribution >= 4 is 45.5 Å². The fraction of sp³-hybridized carbons (Fsp3) is 0.348. The quantitative estimate of drug-likeness (QED) is 0.507. The number of nitrogens with zero attached hydrogens (tertiary/aromatic N) is 2. The van der Waals surface area contributed by atoms with Crippen LogP contribution in [0.25, 0.3) is 10.9 Å². The van der Waals surface area contributed by atoms with Gasteiger partial charge in [-0.25, -0.2) is 0 Å². The minimum absolute atomic E-state index is 0.461. The summed E-state index contributed by atoms with van der Waals surface area (Å²) in [5, 5.41) is 5.99. The van der Waals surface area contributed by atoms with Crippen molar-refractivity contribution in [3.63, 3.8) is 0 Å². The third kappa shape index (κ3) is 4.21. The second-order valence-corrected chi connectivity index (χ2v) is 8.42. The van der Waals surface area contributed by atoms with Crippen LogP contribution in [0.4, 0.5) is 5.69 Å². The Hall–Kier alpha value is -2.24. The first-order chi connectivity index (χ1) is 14.1. The topological polar surface area (TPSA) is 29.4 Å². The lowest BCUT2D eigenvalue weighted by molar-refractivity contribution is 0.313. The van der Waals surface area contributed by atoms with Gasteiger partial charge in [-0.05, 0) is 54.9 Å². The van der Waals surface area contributed by atoms with Gasteiger partial charge < -0.3 is 19.5 Å². The lowest BCUT2D eigenvalue weighted by Gasteiger charge is -2.31. The molecule has 1 aliphatic carbocycles. The lowest BCUT2D eigenvalue weighted by atomic mass is 10.1. The van der Waals surface area contributed by atoms with E-state index < -0.39 is 0 Å². The summed E-state index contributed by atoms with van der Waals surface area (Å²) in [6.45, 7) is 0.793. The van der Waals surface area contributed by atoms with Crippen LogP contribution in [0, 0.1) is 0 Å². The van der Waals surface area contributed by atoms with Crippen molar-refractivity contribution < 1.29 is 4.74 Å². The number of halogens is 1. The average Bonchev–Trinajstić information content (AvgIpc) is 3.35. The maximum Gasteiger partial charge on any atom is 0.173 e. The Morgan fingerprint density at radius 2 is 2.00 bits per heavy atom. The van der Waals surface area contributed by atoms with Crippen LogP contribution in [-0.4, -0.2) is 27.7 Å². The second-order valence-electron chi connectivity index (χ2n) is 7.63. The van der Waals surface area contributed by atoms with E-state index in [0.29, 0.717) is 16.8 Å². The zero-order valence-electron chi connectivity index (χ0n) is 16.8. The number of nitrogens with one attached hydrogen (secondary N) is 1. The highest BCUT2D eigenvalue weighted by molar-refractivity contribution is 7.80. The minimum Gasteiger partial charge on any atom is -0.495 e. The molecule has 0 spiro atoms. The predicted molar refractivity (Wildman–Crippen MR) is 125 cm³/mol. The lowest BCUT2D eigenvalue weighted by Crippen LogP contribution is -2.40. The molecule has 0 radical (unpaired) electrons. The van der Waals surface area contributed by atoms with Crippen LogP contribution in [0.3, 0.4) is 0 Å². The van der Waals surface area contributed by atoms with E-state index in [9.17, 15) is 0 Å².